The molecule has 0 spiro atoms. The fourth-order valence-corrected chi connectivity index (χ4v) is 23.7. The van der Waals surface area contributed by atoms with Gasteiger partial charge in [0.15, 0.2) is 30.9 Å². The molecule has 0 bridgehead atoms. The number of carbonyl (C=O) groups is 2. The highest BCUT2D eigenvalue weighted by Gasteiger charge is 2.54. The van der Waals surface area contributed by atoms with E-state index in [2.05, 4.69) is 161 Å². The second kappa shape index (κ2) is 22.6. The number of rotatable bonds is 8. The lowest BCUT2D eigenvalue weighted by molar-refractivity contribution is 0.103. The lowest BCUT2D eigenvalue weighted by Crippen LogP contribution is -2.30. The van der Waals surface area contributed by atoms with Crippen molar-refractivity contribution in [3.8, 4) is 65.6 Å². The molecule has 0 unspecified atom stereocenters. The Balaban J connectivity index is 0.783. The summed E-state index contributed by atoms with van der Waals surface area (Å²) in [6.45, 7) is 8.61. The van der Waals surface area contributed by atoms with Crippen molar-refractivity contribution in [2.24, 2.45) is 0 Å². The number of nitriles is 4. The first kappa shape index (κ1) is 60.8. The molecular weight excluding hydrogens is 1380 g/mol. The topological polar surface area (TPSA) is 181 Å². The zero-order valence-corrected chi connectivity index (χ0v) is 59.4. The Morgan fingerprint density at radius 1 is 0.396 bits per heavy atom. The summed E-state index contributed by atoms with van der Waals surface area (Å²) in [4.78, 5) is 54.7. The summed E-state index contributed by atoms with van der Waals surface area (Å²) >= 11 is 11.2. The number of hydrogen-bond donors (Lipinski definition) is 0. The molecule has 0 aliphatic heterocycles. The minimum Gasteiger partial charge on any atom is -0.289 e. The summed E-state index contributed by atoms with van der Waals surface area (Å²) in [7, 11) is 0. The number of hydrogen-bond acceptors (Lipinski definition) is 17. The molecule has 8 aromatic carbocycles. The standard InChI is InChI=1S/C84H44N8O2S7/c1-41-13-22-48(23-14-41)83(49-24-15-42(2)16-25-49)61-33-58-62(32-57(61)74-70(83)56-30-21-45(31-63(56)95-74)77-91-81-79(100-77)89-66(98-81)34-59-68(46(37-85)38-86)52-9-5-7-11-54(52)72(59)93)84(50-26-17-43(3)18-27-50,51-28-19-44(4)20-29-51)71-75(58)96-64-36-65(97-76(64)71)78-92-82-80(101-78)90-67(99-82)35-60-69(47(39-87)40-88)53-10-6-8-12-55(53)73(60)94/h5-36H,1-4H3/b59-34-,60-35-. The van der Waals surface area contributed by atoms with Gasteiger partial charge in [-0.05, 0) is 131 Å². The van der Waals surface area contributed by atoms with Crippen LogP contribution in [0.3, 0.4) is 0 Å². The summed E-state index contributed by atoms with van der Waals surface area (Å²) in [5.74, 6) is -0.495. The van der Waals surface area contributed by atoms with Crippen molar-refractivity contribution < 1.29 is 9.59 Å². The summed E-state index contributed by atoms with van der Waals surface area (Å²) in [5, 5.41) is 44.0. The van der Waals surface area contributed by atoms with Crippen molar-refractivity contribution in [2.45, 2.75) is 38.5 Å². The second-order valence-corrected chi connectivity index (χ2v) is 32.8. The van der Waals surface area contributed by atoms with Gasteiger partial charge in [0.25, 0.3) is 0 Å². The molecule has 474 valence electrons. The minimum absolute atomic E-state index is 0.117. The number of thiophene rings is 3. The van der Waals surface area contributed by atoms with Gasteiger partial charge in [-0.25, -0.2) is 19.9 Å². The molecule has 0 saturated carbocycles. The summed E-state index contributed by atoms with van der Waals surface area (Å²) < 4.78 is 3.51. The lowest BCUT2D eigenvalue weighted by atomic mass is 9.65. The van der Waals surface area contributed by atoms with Crippen molar-refractivity contribution in [2.75, 3.05) is 0 Å². The molecule has 101 heavy (non-hydrogen) atoms. The molecule has 7 heterocycles. The van der Waals surface area contributed by atoms with Crippen molar-refractivity contribution in [1.82, 2.24) is 19.9 Å². The number of aromatic nitrogens is 4. The van der Waals surface area contributed by atoms with Crippen molar-refractivity contribution in [3.05, 3.63) is 303 Å². The van der Waals surface area contributed by atoms with Crippen LogP contribution in [0.4, 0.5) is 0 Å². The maximum absolute atomic E-state index is 13.9. The Kier molecular flexibility index (Phi) is 13.6. The predicted molar refractivity (Wildman–Crippen MR) is 411 cm³/mol. The van der Waals surface area contributed by atoms with E-state index in [1.807, 2.05) is 47.0 Å². The second-order valence-electron chi connectivity index (χ2n) is 25.7. The summed E-state index contributed by atoms with van der Waals surface area (Å²) in [6, 6.07) is 73.1. The minimum atomic E-state index is -0.770. The molecule has 0 amide bonds. The molecule has 0 saturated heterocycles. The molecule has 15 aromatic rings. The fraction of sp³-hybridized carbons (Fsp3) is 0.0714. The van der Waals surface area contributed by atoms with Crippen molar-refractivity contribution >= 4 is 153 Å². The Hall–Kier alpha value is -11.3. The Labute approximate surface area is 606 Å². The van der Waals surface area contributed by atoms with Gasteiger partial charge in [0.1, 0.15) is 55.5 Å². The smallest absolute Gasteiger partial charge is 0.194 e. The quantitative estimate of drug-likeness (QED) is 0.105. The number of allylic oxidation sites excluding steroid dienone is 6. The van der Waals surface area contributed by atoms with Gasteiger partial charge < -0.3 is 0 Å². The van der Waals surface area contributed by atoms with Crippen LogP contribution in [0.1, 0.15) is 109 Å². The molecule has 0 radical (unpaired) electrons. The van der Waals surface area contributed by atoms with E-state index in [1.165, 1.54) is 148 Å². The number of benzene rings is 8. The highest BCUT2D eigenvalue weighted by molar-refractivity contribution is 7.34. The first-order valence-corrected chi connectivity index (χ1v) is 38.0. The third-order valence-corrected chi connectivity index (χ3v) is 27.8. The first-order valence-electron chi connectivity index (χ1n) is 32.3. The lowest BCUT2D eigenvalue weighted by Gasteiger charge is -2.36. The van der Waals surface area contributed by atoms with Crippen LogP contribution < -0.4 is 0 Å². The summed E-state index contributed by atoms with van der Waals surface area (Å²) in [5.41, 5.74) is 19.3. The third-order valence-electron chi connectivity index (χ3n) is 20.0. The van der Waals surface area contributed by atoms with Gasteiger partial charge in [-0.2, -0.15) is 21.0 Å². The van der Waals surface area contributed by atoms with Crippen LogP contribution >= 0.6 is 79.4 Å². The van der Waals surface area contributed by atoms with Gasteiger partial charge in [0, 0.05) is 63.7 Å². The zero-order valence-electron chi connectivity index (χ0n) is 53.7. The van der Waals surface area contributed by atoms with Crippen molar-refractivity contribution in [1.29, 1.82) is 21.0 Å². The van der Waals surface area contributed by atoms with Crippen LogP contribution in [0.5, 0.6) is 0 Å². The van der Waals surface area contributed by atoms with Gasteiger partial charge in [0.05, 0.1) is 20.4 Å². The number of fused-ring (bicyclic) bond motifs is 14. The molecule has 0 atom stereocenters. The van der Waals surface area contributed by atoms with Crippen LogP contribution in [-0.2, 0) is 10.8 Å². The zero-order chi connectivity index (χ0) is 68.5. The van der Waals surface area contributed by atoms with E-state index in [0.717, 1.165) is 44.5 Å². The van der Waals surface area contributed by atoms with E-state index in [9.17, 15) is 30.6 Å². The van der Waals surface area contributed by atoms with E-state index in [0.29, 0.717) is 43.4 Å². The molecule has 10 nitrogen and oxygen atoms in total. The molecule has 0 fully saturated rings. The maximum atomic E-state index is 13.9. The van der Waals surface area contributed by atoms with E-state index in [-0.39, 0.29) is 33.9 Å². The fourth-order valence-electron chi connectivity index (χ4n) is 15.5. The number of ketones is 2. The number of aryl methyl sites for hydroxylation is 4. The number of nitrogens with zero attached hydrogens (tertiary/aromatic N) is 8. The van der Waals surface area contributed by atoms with Crippen LogP contribution in [-0.4, -0.2) is 31.5 Å². The van der Waals surface area contributed by atoms with E-state index in [4.69, 9.17) is 19.9 Å². The third kappa shape index (κ3) is 8.77. The molecule has 4 aliphatic carbocycles. The predicted octanol–water partition coefficient (Wildman–Crippen LogP) is 21.8. The van der Waals surface area contributed by atoms with Gasteiger partial charge >= 0.3 is 0 Å². The van der Waals surface area contributed by atoms with Crippen LogP contribution in [0, 0.1) is 73.0 Å². The van der Waals surface area contributed by atoms with Crippen LogP contribution in [0.25, 0.3) is 103 Å². The highest BCUT2D eigenvalue weighted by atomic mass is 32.1. The van der Waals surface area contributed by atoms with Gasteiger partial charge in [-0.1, -0.05) is 225 Å². The molecule has 17 heteroatoms. The average molecular weight is 1420 g/mol. The average Bonchev–Trinajstić information content (AvgIpc) is 1.49. The monoisotopic (exact) mass is 1420 g/mol. The molecule has 19 rings (SSSR count). The van der Waals surface area contributed by atoms with Crippen molar-refractivity contribution in [3.63, 3.8) is 0 Å². The number of thiazole rings is 4. The van der Waals surface area contributed by atoms with Crippen LogP contribution in [0.15, 0.2) is 204 Å². The molecule has 0 N–H and O–H groups in total. The highest BCUT2D eigenvalue weighted by Crippen LogP contribution is 2.68. The normalized spacial score (nSPS) is 15.1. The van der Waals surface area contributed by atoms with Gasteiger partial charge in [-0.3, -0.25) is 9.59 Å². The Morgan fingerprint density at radius 3 is 1.26 bits per heavy atom. The van der Waals surface area contributed by atoms with Gasteiger partial charge in [0.2, 0.25) is 0 Å². The maximum Gasteiger partial charge on any atom is 0.194 e. The Morgan fingerprint density at radius 2 is 0.802 bits per heavy atom. The van der Waals surface area contributed by atoms with Crippen LogP contribution in [0.2, 0.25) is 0 Å². The summed E-state index contributed by atoms with van der Waals surface area (Å²) in [6.07, 6.45) is 3.40. The molecule has 7 aromatic heterocycles. The van der Waals surface area contributed by atoms with E-state index in [1.54, 1.807) is 72.0 Å². The first-order chi connectivity index (χ1) is 49.3. The van der Waals surface area contributed by atoms with Gasteiger partial charge in [-0.15, -0.1) is 34.0 Å². The van der Waals surface area contributed by atoms with E-state index < -0.39 is 10.8 Å². The molecular formula is C84H44N8O2S7. The van der Waals surface area contributed by atoms with E-state index >= 15 is 0 Å². The Bertz CT molecular complexity index is 6400. The molecule has 4 aliphatic rings. The number of Topliss-reactive ketones (excluding diaryl/α,β-unsaturated/α-hetero) is 2. The number of carbonyl (C=O) groups excluding carboxylic acids is 2. The largest absolute Gasteiger partial charge is 0.289 e. The SMILES string of the molecule is Cc1ccc(C2(c3ccc(C)cc3)c3cc4c(cc3-c3sc5cc(-c6nc7sc(/C=C8\C(=O)c9ccccc9C8=C(C#N)C#N)nc7s6)ccc5c32)C(c2ccc(C)cc2)(c2ccc(C)cc2)c2c-4sc3cc(-c4nc5sc(/C=C6\C(=O)c7ccccc7C6=C(C#N)C#N)nc5s4)sc23)cc1.